The summed E-state index contributed by atoms with van der Waals surface area (Å²) >= 11 is 0. The average Bonchev–Trinajstić information content (AvgIpc) is 3.45. The Hall–Kier alpha value is -3.35. The fraction of sp³-hybridized carbons (Fsp3) is 0.286. The first-order valence-electron chi connectivity index (χ1n) is 9.57. The monoisotopic (exact) mass is 374 g/mol. The summed E-state index contributed by atoms with van der Waals surface area (Å²) in [5.74, 6) is 0.723. The van der Waals surface area contributed by atoms with Gasteiger partial charge < -0.3 is 14.8 Å². The molecule has 0 spiro atoms. The summed E-state index contributed by atoms with van der Waals surface area (Å²) in [4.78, 5) is 19.4. The van der Waals surface area contributed by atoms with Crippen LogP contribution in [0.25, 0.3) is 27.7 Å². The molecule has 7 heteroatoms. The number of fused-ring (bicyclic) bond motifs is 2. The van der Waals surface area contributed by atoms with Crippen molar-refractivity contribution >= 4 is 28.4 Å². The number of carbonyl (C=O) groups excluding carboxylic acids is 1. The Morgan fingerprint density at radius 2 is 1.89 bits per heavy atom. The molecule has 1 aliphatic heterocycles. The second-order valence-electron chi connectivity index (χ2n) is 7.29. The van der Waals surface area contributed by atoms with E-state index < -0.39 is 0 Å². The highest BCUT2D eigenvalue weighted by Gasteiger charge is 2.23. The SMILES string of the molecule is CNc1nc2cc(-c3ccc4c(c3)c(C(=O)N3CCCC3)cn4C)ccn2n1. The van der Waals surface area contributed by atoms with Crippen LogP contribution in [-0.2, 0) is 7.05 Å². The van der Waals surface area contributed by atoms with Gasteiger partial charge in [0.25, 0.3) is 5.91 Å². The summed E-state index contributed by atoms with van der Waals surface area (Å²) < 4.78 is 3.78. The number of likely N-dealkylation sites (tertiary alicyclic amines) is 1. The molecule has 28 heavy (non-hydrogen) atoms. The Morgan fingerprint density at radius 1 is 1.11 bits per heavy atom. The third-order valence-corrected chi connectivity index (χ3v) is 5.51. The molecule has 5 rings (SSSR count). The zero-order valence-corrected chi connectivity index (χ0v) is 16.0. The zero-order valence-electron chi connectivity index (χ0n) is 16.0. The van der Waals surface area contributed by atoms with Gasteiger partial charge in [0.1, 0.15) is 0 Å². The van der Waals surface area contributed by atoms with E-state index in [0.717, 1.165) is 59.2 Å². The third kappa shape index (κ3) is 2.62. The van der Waals surface area contributed by atoms with Crippen molar-refractivity contribution in [3.8, 4) is 11.1 Å². The van der Waals surface area contributed by atoms with Crippen LogP contribution in [0.2, 0.25) is 0 Å². The highest BCUT2D eigenvalue weighted by Crippen LogP contribution is 2.29. The van der Waals surface area contributed by atoms with Gasteiger partial charge in [-0.3, -0.25) is 4.79 Å². The number of aryl methyl sites for hydroxylation is 1. The molecule has 1 N–H and O–H groups in total. The van der Waals surface area contributed by atoms with Crippen molar-refractivity contribution in [2.45, 2.75) is 12.8 Å². The summed E-state index contributed by atoms with van der Waals surface area (Å²) in [6, 6.07) is 10.3. The standard InChI is InChI=1S/C21H22N6O/c1-22-21-23-19-12-15(7-10-27(19)24-21)14-5-6-18-16(11-14)17(13-25(18)2)20(28)26-8-3-4-9-26/h5-7,10-13H,3-4,8-9H2,1-2H3,(H,22,24). The summed E-state index contributed by atoms with van der Waals surface area (Å²) in [6.45, 7) is 1.71. The first kappa shape index (κ1) is 16.8. The molecule has 0 atom stereocenters. The van der Waals surface area contributed by atoms with Crippen molar-refractivity contribution in [2.75, 3.05) is 25.5 Å². The van der Waals surface area contributed by atoms with Gasteiger partial charge in [-0.05, 0) is 48.2 Å². The number of anilines is 1. The normalized spacial score (nSPS) is 14.3. The number of hydrogen-bond acceptors (Lipinski definition) is 4. The molecule has 4 aromatic rings. The number of aromatic nitrogens is 4. The topological polar surface area (TPSA) is 67.5 Å². The number of nitrogens with zero attached hydrogens (tertiary/aromatic N) is 5. The molecule has 1 aromatic carbocycles. The summed E-state index contributed by atoms with van der Waals surface area (Å²) in [7, 11) is 3.79. The molecule has 0 saturated carbocycles. The first-order chi connectivity index (χ1) is 13.6. The molecule has 7 nitrogen and oxygen atoms in total. The predicted octanol–water partition coefficient (Wildman–Crippen LogP) is 3.17. The van der Waals surface area contributed by atoms with Crippen LogP contribution in [0.4, 0.5) is 5.95 Å². The minimum atomic E-state index is 0.131. The van der Waals surface area contributed by atoms with E-state index in [9.17, 15) is 4.79 Å². The second kappa shape index (κ2) is 6.37. The van der Waals surface area contributed by atoms with E-state index in [2.05, 4.69) is 33.6 Å². The Bertz CT molecular complexity index is 1200. The van der Waals surface area contributed by atoms with Crippen molar-refractivity contribution in [3.05, 3.63) is 48.3 Å². The van der Waals surface area contributed by atoms with E-state index in [0.29, 0.717) is 5.95 Å². The Labute approximate surface area is 162 Å². The summed E-state index contributed by atoms with van der Waals surface area (Å²) in [5, 5.41) is 8.30. The second-order valence-corrected chi connectivity index (χ2v) is 7.29. The van der Waals surface area contributed by atoms with Crippen molar-refractivity contribution in [2.24, 2.45) is 7.05 Å². The smallest absolute Gasteiger partial charge is 0.256 e. The van der Waals surface area contributed by atoms with Crippen LogP contribution in [0.3, 0.4) is 0 Å². The highest BCUT2D eigenvalue weighted by atomic mass is 16.2. The average molecular weight is 374 g/mol. The number of carbonyl (C=O) groups is 1. The predicted molar refractivity (Wildman–Crippen MR) is 110 cm³/mol. The van der Waals surface area contributed by atoms with Gasteiger partial charge in [0.05, 0.1) is 5.56 Å². The van der Waals surface area contributed by atoms with Crippen LogP contribution in [-0.4, -0.2) is 50.1 Å². The van der Waals surface area contributed by atoms with E-state index in [1.165, 1.54) is 0 Å². The van der Waals surface area contributed by atoms with E-state index in [4.69, 9.17) is 0 Å². The maximum absolute atomic E-state index is 13.0. The zero-order chi connectivity index (χ0) is 19.3. The molecule has 0 aliphatic carbocycles. The maximum atomic E-state index is 13.0. The van der Waals surface area contributed by atoms with Crippen molar-refractivity contribution < 1.29 is 4.79 Å². The fourth-order valence-electron chi connectivity index (χ4n) is 4.00. The van der Waals surface area contributed by atoms with Gasteiger partial charge in [-0.2, -0.15) is 4.98 Å². The number of nitrogens with one attached hydrogen (secondary N) is 1. The van der Waals surface area contributed by atoms with Gasteiger partial charge in [-0.15, -0.1) is 5.10 Å². The summed E-state index contributed by atoms with van der Waals surface area (Å²) in [5.41, 5.74) is 4.73. The van der Waals surface area contributed by atoms with Crippen molar-refractivity contribution in [1.29, 1.82) is 0 Å². The maximum Gasteiger partial charge on any atom is 0.256 e. The Balaban J connectivity index is 1.60. The van der Waals surface area contributed by atoms with Gasteiger partial charge in [0.15, 0.2) is 5.65 Å². The lowest BCUT2D eigenvalue weighted by atomic mass is 10.0. The number of rotatable bonds is 3. The molecule has 1 aliphatic rings. The van der Waals surface area contributed by atoms with Crippen LogP contribution in [0, 0.1) is 0 Å². The van der Waals surface area contributed by atoms with E-state index in [1.807, 2.05) is 41.0 Å². The first-order valence-corrected chi connectivity index (χ1v) is 9.57. The molecule has 4 heterocycles. The van der Waals surface area contributed by atoms with Gasteiger partial charge >= 0.3 is 0 Å². The molecule has 0 bridgehead atoms. The van der Waals surface area contributed by atoms with Crippen LogP contribution in [0.5, 0.6) is 0 Å². The van der Waals surface area contributed by atoms with Gasteiger partial charge in [-0.1, -0.05) is 6.07 Å². The lowest BCUT2D eigenvalue weighted by molar-refractivity contribution is 0.0794. The molecule has 0 unspecified atom stereocenters. The lowest BCUT2D eigenvalue weighted by Gasteiger charge is -2.14. The highest BCUT2D eigenvalue weighted by molar-refractivity contribution is 6.08. The van der Waals surface area contributed by atoms with Crippen LogP contribution in [0.15, 0.2) is 42.7 Å². The molecule has 142 valence electrons. The largest absolute Gasteiger partial charge is 0.356 e. The summed E-state index contributed by atoms with van der Waals surface area (Å²) in [6.07, 6.45) is 6.05. The molecular weight excluding hydrogens is 352 g/mol. The molecule has 1 saturated heterocycles. The number of pyridine rings is 1. The third-order valence-electron chi connectivity index (χ3n) is 5.51. The Morgan fingerprint density at radius 3 is 2.68 bits per heavy atom. The van der Waals surface area contributed by atoms with Crippen LogP contribution in [0.1, 0.15) is 23.2 Å². The number of hydrogen-bond donors (Lipinski definition) is 1. The van der Waals surface area contributed by atoms with Gasteiger partial charge in [0.2, 0.25) is 5.95 Å². The molecule has 0 radical (unpaired) electrons. The Kier molecular flexibility index (Phi) is 3.82. The van der Waals surface area contributed by atoms with Gasteiger partial charge in [0, 0.05) is 50.5 Å². The fourth-order valence-corrected chi connectivity index (χ4v) is 4.00. The molecule has 1 amide bonds. The molecule has 3 aromatic heterocycles. The quantitative estimate of drug-likeness (QED) is 0.598. The van der Waals surface area contributed by atoms with E-state index >= 15 is 0 Å². The van der Waals surface area contributed by atoms with E-state index in [-0.39, 0.29) is 5.91 Å². The number of amides is 1. The molecular formula is C21H22N6O. The van der Waals surface area contributed by atoms with Crippen molar-refractivity contribution in [3.63, 3.8) is 0 Å². The lowest BCUT2D eigenvalue weighted by Crippen LogP contribution is -2.27. The molecule has 1 fully saturated rings. The number of benzene rings is 1. The minimum Gasteiger partial charge on any atom is -0.356 e. The van der Waals surface area contributed by atoms with Crippen LogP contribution >= 0.6 is 0 Å². The minimum absolute atomic E-state index is 0.131. The van der Waals surface area contributed by atoms with E-state index in [1.54, 1.807) is 11.6 Å². The van der Waals surface area contributed by atoms with Crippen LogP contribution < -0.4 is 5.32 Å². The van der Waals surface area contributed by atoms with Gasteiger partial charge in [-0.25, -0.2) is 4.52 Å². The van der Waals surface area contributed by atoms with Crippen molar-refractivity contribution in [1.82, 2.24) is 24.1 Å².